The number of rotatable bonds is 14. The summed E-state index contributed by atoms with van der Waals surface area (Å²) in [5.74, 6) is 0.643. The quantitative estimate of drug-likeness (QED) is 0.133. The number of halogens is 2. The van der Waals surface area contributed by atoms with Crippen LogP contribution in [0.1, 0.15) is 24.0 Å². The fraction of sp³-hybridized carbons (Fsp3) is 0.385. The Labute approximate surface area is 266 Å². The number of aromatic nitrogens is 4. The summed E-state index contributed by atoms with van der Waals surface area (Å²) >= 11 is 4.29. The van der Waals surface area contributed by atoms with Crippen LogP contribution in [0, 0.1) is 21.0 Å². The molecule has 0 aliphatic rings. The summed E-state index contributed by atoms with van der Waals surface area (Å²) in [5, 5.41) is 5.45. The molecule has 0 aliphatic carbocycles. The van der Waals surface area contributed by atoms with E-state index in [1.807, 2.05) is 12.1 Å². The number of aryl methyl sites for hydroxylation is 2. The van der Waals surface area contributed by atoms with Crippen LogP contribution in [-0.4, -0.2) is 57.2 Å². The van der Waals surface area contributed by atoms with Crippen LogP contribution >= 0.6 is 45.2 Å². The Balaban J connectivity index is 1.35. The second-order valence-electron chi connectivity index (χ2n) is 9.22. The molecule has 0 saturated heterocycles. The van der Waals surface area contributed by atoms with E-state index in [-0.39, 0.29) is 24.9 Å². The number of carbonyl (C=O) groups excluding carboxylic acids is 2. The van der Waals surface area contributed by atoms with Gasteiger partial charge in [-0.3, -0.25) is 38.3 Å². The predicted molar refractivity (Wildman–Crippen MR) is 170 cm³/mol. The maximum Gasteiger partial charge on any atom is 0.328 e. The Morgan fingerprint density at radius 1 is 0.738 bits per heavy atom. The van der Waals surface area contributed by atoms with E-state index in [0.29, 0.717) is 61.8 Å². The fourth-order valence-electron chi connectivity index (χ4n) is 3.59. The van der Waals surface area contributed by atoms with Gasteiger partial charge in [-0.15, -0.1) is 0 Å². The van der Waals surface area contributed by atoms with Crippen LogP contribution in [0.15, 0.2) is 43.7 Å². The lowest BCUT2D eigenvalue weighted by Crippen LogP contribution is -2.36. The third-order valence-corrected chi connectivity index (χ3v) is 7.48. The fourth-order valence-corrected chi connectivity index (χ4v) is 4.78. The molecule has 0 spiro atoms. The van der Waals surface area contributed by atoms with Crippen molar-refractivity contribution in [1.82, 2.24) is 29.7 Å². The number of aromatic amines is 2. The molecule has 0 aliphatic heterocycles. The smallest absolute Gasteiger partial charge is 0.328 e. The summed E-state index contributed by atoms with van der Waals surface area (Å²) in [5.41, 5.74) is -1.54. The molecule has 14 nitrogen and oxygen atoms in total. The van der Waals surface area contributed by atoms with Gasteiger partial charge in [-0.2, -0.15) is 0 Å². The third-order valence-electron chi connectivity index (χ3n) is 5.79. The number of hydrogen-bond acceptors (Lipinski definition) is 8. The minimum Gasteiger partial charge on any atom is -0.492 e. The first kappa shape index (κ1) is 33.1. The van der Waals surface area contributed by atoms with Gasteiger partial charge in [0.1, 0.15) is 24.6 Å². The second kappa shape index (κ2) is 15.7. The first-order valence-electron chi connectivity index (χ1n) is 12.8. The Kier molecular flexibility index (Phi) is 12.4. The molecule has 2 aromatic heterocycles. The average Bonchev–Trinajstić information content (AvgIpc) is 2.92. The highest BCUT2D eigenvalue weighted by molar-refractivity contribution is 14.1. The van der Waals surface area contributed by atoms with Crippen molar-refractivity contribution in [2.24, 2.45) is 0 Å². The van der Waals surface area contributed by atoms with Gasteiger partial charge in [0, 0.05) is 36.6 Å². The summed E-state index contributed by atoms with van der Waals surface area (Å²) < 4.78 is 15.7. The normalized spacial score (nSPS) is 10.8. The maximum absolute atomic E-state index is 12.1. The zero-order valence-corrected chi connectivity index (χ0v) is 27.2. The molecule has 0 atom stereocenters. The van der Waals surface area contributed by atoms with E-state index in [0.717, 1.165) is 16.3 Å². The van der Waals surface area contributed by atoms with E-state index in [1.54, 1.807) is 13.8 Å². The Bertz CT molecular complexity index is 1550. The lowest BCUT2D eigenvalue weighted by Gasteiger charge is -2.13. The molecule has 0 unspecified atom stereocenters. The zero-order valence-electron chi connectivity index (χ0n) is 22.9. The van der Waals surface area contributed by atoms with Crippen LogP contribution in [0.4, 0.5) is 0 Å². The van der Waals surface area contributed by atoms with Gasteiger partial charge in [0.05, 0.1) is 20.4 Å². The van der Waals surface area contributed by atoms with Gasteiger partial charge in [0.25, 0.3) is 11.1 Å². The Morgan fingerprint density at radius 3 is 1.50 bits per heavy atom. The number of nitrogens with zero attached hydrogens (tertiary/aromatic N) is 2. The Morgan fingerprint density at radius 2 is 1.12 bits per heavy atom. The molecule has 0 radical (unpaired) electrons. The average molecular weight is 808 g/mol. The topological polar surface area (TPSA) is 186 Å². The summed E-state index contributed by atoms with van der Waals surface area (Å²) in [6.07, 6.45) is 3.78. The van der Waals surface area contributed by atoms with Crippen LogP contribution in [0.2, 0.25) is 0 Å². The minimum absolute atomic E-state index is 0.195. The van der Waals surface area contributed by atoms with Crippen molar-refractivity contribution in [3.8, 4) is 11.5 Å². The number of hydrogen-bond donors (Lipinski definition) is 4. The first-order valence-corrected chi connectivity index (χ1v) is 15.0. The van der Waals surface area contributed by atoms with Gasteiger partial charge >= 0.3 is 11.4 Å². The number of ether oxygens (including phenoxy) is 2. The van der Waals surface area contributed by atoms with Gasteiger partial charge in [0.15, 0.2) is 0 Å². The van der Waals surface area contributed by atoms with Crippen molar-refractivity contribution in [1.29, 1.82) is 0 Å². The molecule has 2 amide bonds. The SMILES string of the molecule is Cc1cn(CC(=O)NCCCOc2cc(I)c(OCCCNC(=O)Cn3cc(C)c(=O)[nH]c3=O)cc2I)c(=O)[nH]c1=O. The molecule has 1 aromatic carbocycles. The first-order chi connectivity index (χ1) is 19.9. The van der Waals surface area contributed by atoms with Gasteiger partial charge in [-0.25, -0.2) is 9.59 Å². The highest BCUT2D eigenvalue weighted by Crippen LogP contribution is 2.31. The van der Waals surface area contributed by atoms with Gasteiger partial charge in [-0.1, -0.05) is 0 Å². The van der Waals surface area contributed by atoms with E-state index >= 15 is 0 Å². The van der Waals surface area contributed by atoms with E-state index in [4.69, 9.17) is 9.47 Å². The summed E-state index contributed by atoms with van der Waals surface area (Å²) in [6, 6.07) is 3.71. The van der Waals surface area contributed by atoms with Crippen molar-refractivity contribution in [2.45, 2.75) is 39.8 Å². The molecular formula is C26H30I2N6O8. The van der Waals surface area contributed by atoms with E-state index in [1.165, 1.54) is 12.4 Å². The van der Waals surface area contributed by atoms with Crippen molar-refractivity contribution < 1.29 is 19.1 Å². The molecule has 226 valence electrons. The maximum atomic E-state index is 12.1. The number of nitrogens with one attached hydrogen (secondary N) is 4. The largest absolute Gasteiger partial charge is 0.492 e. The standard InChI is InChI=1S/C26H30I2N6O8/c1-15-11-33(25(39)31-23(15)37)13-21(35)29-5-3-7-41-19-9-18(28)20(10-17(19)27)42-8-4-6-30-22(36)14-34-12-16(2)24(38)32-26(34)40/h9-12H,3-8,13-14H2,1-2H3,(H,29,35)(H,30,36)(H,31,37,39)(H,32,38,40). The molecule has 0 fully saturated rings. The monoisotopic (exact) mass is 808 g/mol. The molecule has 3 rings (SSSR count). The molecule has 2 heterocycles. The zero-order chi connectivity index (χ0) is 30.8. The molecule has 42 heavy (non-hydrogen) atoms. The molecular weight excluding hydrogens is 778 g/mol. The van der Waals surface area contributed by atoms with E-state index in [2.05, 4.69) is 65.8 Å². The lowest BCUT2D eigenvalue weighted by molar-refractivity contribution is -0.122. The highest BCUT2D eigenvalue weighted by Gasteiger charge is 2.11. The Hall–Kier alpha value is -3.42. The summed E-state index contributed by atoms with van der Waals surface area (Å²) in [4.78, 5) is 75.1. The number of H-pyrrole nitrogens is 2. The number of benzene rings is 1. The third kappa shape index (κ3) is 9.85. The van der Waals surface area contributed by atoms with Crippen LogP contribution in [0.3, 0.4) is 0 Å². The second-order valence-corrected chi connectivity index (χ2v) is 11.5. The van der Waals surface area contributed by atoms with Crippen molar-refractivity contribution in [3.63, 3.8) is 0 Å². The molecule has 16 heteroatoms. The molecule has 4 N–H and O–H groups in total. The molecule has 3 aromatic rings. The summed E-state index contributed by atoms with van der Waals surface area (Å²) in [7, 11) is 0. The van der Waals surface area contributed by atoms with Gasteiger partial charge in [0.2, 0.25) is 11.8 Å². The molecule has 0 bridgehead atoms. The van der Waals surface area contributed by atoms with Crippen LogP contribution in [0.5, 0.6) is 11.5 Å². The van der Waals surface area contributed by atoms with E-state index in [9.17, 15) is 28.8 Å². The number of carbonyl (C=O) groups is 2. The molecule has 0 saturated carbocycles. The lowest BCUT2D eigenvalue weighted by atomic mass is 10.3. The van der Waals surface area contributed by atoms with Crippen LogP contribution in [-0.2, 0) is 22.7 Å². The number of amides is 2. The van der Waals surface area contributed by atoms with Crippen LogP contribution < -0.4 is 42.6 Å². The summed E-state index contributed by atoms with van der Waals surface area (Å²) in [6.45, 7) is 4.13. The van der Waals surface area contributed by atoms with Gasteiger partial charge in [-0.05, 0) is 84.0 Å². The van der Waals surface area contributed by atoms with Gasteiger partial charge < -0.3 is 20.1 Å². The van der Waals surface area contributed by atoms with Crippen molar-refractivity contribution in [3.05, 3.63) is 84.5 Å². The van der Waals surface area contributed by atoms with Crippen molar-refractivity contribution >= 4 is 57.0 Å². The van der Waals surface area contributed by atoms with E-state index < -0.39 is 22.5 Å². The highest BCUT2D eigenvalue weighted by atomic mass is 127. The van der Waals surface area contributed by atoms with Crippen molar-refractivity contribution in [2.75, 3.05) is 26.3 Å². The predicted octanol–water partition coefficient (Wildman–Crippen LogP) is 0.383. The van der Waals surface area contributed by atoms with Crippen LogP contribution in [0.25, 0.3) is 0 Å². The minimum atomic E-state index is -0.638.